The summed E-state index contributed by atoms with van der Waals surface area (Å²) >= 11 is 0. The standard InChI is InChI=1S/C13H21N5O3/c14-12-11(18(20)21-16-12)13(19)15-8-9-4-3-7-17-6-2-1-5-10(9)17/h9-10H,1-8H2,(H2,14,16)(H,15,19)/t9-,10-/m1/s1. The minimum Gasteiger partial charge on any atom is -0.359 e. The lowest BCUT2D eigenvalue weighted by Gasteiger charge is -2.44. The molecule has 0 aromatic carbocycles. The molecule has 3 rings (SSSR count). The molecule has 8 nitrogen and oxygen atoms in total. The topological polar surface area (TPSA) is 111 Å². The average molecular weight is 295 g/mol. The summed E-state index contributed by atoms with van der Waals surface area (Å²) < 4.78 is 4.31. The number of carbonyl (C=O) groups excluding carboxylic acids is 1. The van der Waals surface area contributed by atoms with Gasteiger partial charge in [0.1, 0.15) is 0 Å². The number of piperidine rings is 2. The zero-order valence-corrected chi connectivity index (χ0v) is 12.0. The van der Waals surface area contributed by atoms with Crippen LogP contribution in [-0.4, -0.2) is 41.6 Å². The van der Waals surface area contributed by atoms with Gasteiger partial charge in [0.2, 0.25) is 0 Å². The van der Waals surface area contributed by atoms with Crippen molar-refractivity contribution in [2.24, 2.45) is 5.92 Å². The van der Waals surface area contributed by atoms with Crippen LogP contribution in [-0.2, 0) is 0 Å². The minimum absolute atomic E-state index is 0.0540. The maximum absolute atomic E-state index is 12.0. The van der Waals surface area contributed by atoms with Gasteiger partial charge in [-0.2, -0.15) is 0 Å². The molecule has 0 unspecified atom stereocenters. The Morgan fingerprint density at radius 3 is 3.00 bits per heavy atom. The Balaban J connectivity index is 1.60. The van der Waals surface area contributed by atoms with Gasteiger partial charge in [0.15, 0.2) is 0 Å². The van der Waals surface area contributed by atoms with Gasteiger partial charge in [0.25, 0.3) is 0 Å². The van der Waals surface area contributed by atoms with Crippen LogP contribution in [0.2, 0.25) is 0 Å². The van der Waals surface area contributed by atoms with E-state index in [4.69, 9.17) is 5.73 Å². The Hall–Kier alpha value is -1.83. The van der Waals surface area contributed by atoms with Crippen LogP contribution in [0.5, 0.6) is 0 Å². The summed E-state index contributed by atoms with van der Waals surface area (Å²) in [5, 5.41) is 17.4. The van der Waals surface area contributed by atoms with Crippen molar-refractivity contribution in [1.29, 1.82) is 0 Å². The molecule has 2 atom stereocenters. The Bertz CT molecular complexity index is 496. The van der Waals surface area contributed by atoms with Gasteiger partial charge in [-0.3, -0.25) is 9.42 Å². The lowest BCUT2D eigenvalue weighted by Crippen LogP contribution is -2.51. The van der Waals surface area contributed by atoms with Crippen LogP contribution in [0.1, 0.15) is 42.6 Å². The first-order valence-corrected chi connectivity index (χ1v) is 7.54. The van der Waals surface area contributed by atoms with Crippen molar-refractivity contribution in [2.45, 2.75) is 38.1 Å². The minimum atomic E-state index is -0.517. The van der Waals surface area contributed by atoms with Crippen LogP contribution < -0.4 is 16.0 Å². The summed E-state index contributed by atoms with van der Waals surface area (Å²) in [4.78, 5) is 14.6. The fraction of sp³-hybridized carbons (Fsp3) is 0.769. The quantitative estimate of drug-likeness (QED) is 0.752. The van der Waals surface area contributed by atoms with Gasteiger partial charge in [-0.25, -0.2) is 0 Å². The maximum atomic E-state index is 12.0. The molecule has 2 fully saturated rings. The summed E-state index contributed by atoms with van der Waals surface area (Å²) in [6.45, 7) is 2.88. The maximum Gasteiger partial charge on any atom is 0.318 e. The van der Waals surface area contributed by atoms with Crippen molar-refractivity contribution in [2.75, 3.05) is 25.4 Å². The summed E-state index contributed by atoms with van der Waals surface area (Å²) in [6.07, 6.45) is 5.98. The summed E-state index contributed by atoms with van der Waals surface area (Å²) in [7, 11) is 0. The summed E-state index contributed by atoms with van der Waals surface area (Å²) in [5.74, 6) is -0.258. The van der Waals surface area contributed by atoms with E-state index in [9.17, 15) is 10.0 Å². The molecule has 1 amide bonds. The molecular weight excluding hydrogens is 274 g/mol. The Kier molecular flexibility index (Phi) is 3.96. The van der Waals surface area contributed by atoms with E-state index in [2.05, 4.69) is 20.0 Å². The number of nitrogen functional groups attached to an aromatic ring is 1. The fourth-order valence-electron chi connectivity index (χ4n) is 3.58. The molecule has 0 spiro atoms. The van der Waals surface area contributed by atoms with Crippen molar-refractivity contribution in [3.8, 4) is 0 Å². The van der Waals surface area contributed by atoms with Gasteiger partial charge in [-0.1, -0.05) is 6.42 Å². The van der Waals surface area contributed by atoms with Gasteiger partial charge in [0.05, 0.1) is 5.16 Å². The first kappa shape index (κ1) is 14.1. The third-order valence-corrected chi connectivity index (χ3v) is 4.61. The first-order valence-electron chi connectivity index (χ1n) is 7.54. The van der Waals surface area contributed by atoms with Crippen LogP contribution in [0.15, 0.2) is 4.63 Å². The first-order chi connectivity index (χ1) is 10.2. The number of nitrogens with one attached hydrogen (secondary N) is 1. The van der Waals surface area contributed by atoms with Crippen LogP contribution in [0.25, 0.3) is 0 Å². The number of rotatable bonds is 3. The normalized spacial score (nSPS) is 26.3. The van der Waals surface area contributed by atoms with E-state index >= 15 is 0 Å². The molecular formula is C13H21N5O3. The number of nitrogens with zero attached hydrogens (tertiary/aromatic N) is 3. The highest BCUT2D eigenvalue weighted by Crippen LogP contribution is 2.30. The molecule has 2 aliphatic heterocycles. The highest BCUT2D eigenvalue weighted by molar-refractivity contribution is 5.94. The van der Waals surface area contributed by atoms with E-state index in [1.54, 1.807) is 0 Å². The predicted molar refractivity (Wildman–Crippen MR) is 74.1 cm³/mol. The lowest BCUT2D eigenvalue weighted by molar-refractivity contribution is -0.803. The number of amides is 1. The molecule has 3 N–H and O–H groups in total. The number of nitrogens with two attached hydrogens (primary N) is 1. The second-order valence-corrected chi connectivity index (χ2v) is 5.88. The predicted octanol–water partition coefficient (Wildman–Crippen LogP) is -0.115. The highest BCUT2D eigenvalue weighted by atomic mass is 16.8. The Morgan fingerprint density at radius 1 is 1.43 bits per heavy atom. The summed E-state index contributed by atoms with van der Waals surface area (Å²) in [5.41, 5.74) is 5.20. The fourth-order valence-corrected chi connectivity index (χ4v) is 3.58. The van der Waals surface area contributed by atoms with Crippen molar-refractivity contribution >= 4 is 11.7 Å². The third-order valence-electron chi connectivity index (χ3n) is 4.61. The Morgan fingerprint density at radius 2 is 2.24 bits per heavy atom. The molecule has 3 heterocycles. The van der Waals surface area contributed by atoms with Crippen molar-refractivity contribution in [1.82, 2.24) is 15.4 Å². The number of hydrogen-bond donors (Lipinski definition) is 2. The average Bonchev–Trinajstić information content (AvgIpc) is 2.84. The van der Waals surface area contributed by atoms with E-state index in [1.165, 1.54) is 19.3 Å². The third kappa shape index (κ3) is 2.80. The SMILES string of the molecule is Nc1no[n+]([O-])c1C(=O)NC[C@H]1CCCN2CCCC[C@H]12. The number of anilines is 1. The largest absolute Gasteiger partial charge is 0.359 e. The number of aromatic nitrogens is 2. The van der Waals surface area contributed by atoms with Crippen molar-refractivity contribution < 1.29 is 14.3 Å². The molecule has 0 bridgehead atoms. The molecule has 0 saturated carbocycles. The molecule has 116 valence electrons. The molecule has 2 aliphatic rings. The number of fused-ring (bicyclic) bond motifs is 1. The van der Waals surface area contributed by atoms with E-state index < -0.39 is 5.91 Å². The van der Waals surface area contributed by atoms with Gasteiger partial charge in [-0.05, 0) is 49.6 Å². The van der Waals surface area contributed by atoms with Gasteiger partial charge < -0.3 is 21.2 Å². The van der Waals surface area contributed by atoms with Crippen molar-refractivity contribution in [3.05, 3.63) is 10.9 Å². The summed E-state index contributed by atoms with van der Waals surface area (Å²) in [6, 6.07) is 0.548. The molecule has 0 aliphatic carbocycles. The molecule has 21 heavy (non-hydrogen) atoms. The molecule has 8 heteroatoms. The smallest absolute Gasteiger partial charge is 0.318 e. The van der Waals surface area contributed by atoms with E-state index in [1.807, 2.05) is 0 Å². The zero-order chi connectivity index (χ0) is 14.8. The van der Waals surface area contributed by atoms with E-state index in [0.717, 1.165) is 25.9 Å². The number of carbonyl (C=O) groups is 1. The van der Waals surface area contributed by atoms with Crippen LogP contribution >= 0.6 is 0 Å². The van der Waals surface area contributed by atoms with Crippen molar-refractivity contribution in [3.63, 3.8) is 0 Å². The molecule has 2 saturated heterocycles. The molecule has 1 aromatic rings. The molecule has 0 radical (unpaired) electrons. The van der Waals surface area contributed by atoms with Gasteiger partial charge in [-0.15, -0.1) is 0 Å². The molecule has 1 aromatic heterocycles. The van der Waals surface area contributed by atoms with E-state index in [-0.39, 0.29) is 16.4 Å². The lowest BCUT2D eigenvalue weighted by atomic mass is 9.83. The number of hydrogen-bond acceptors (Lipinski definition) is 6. The van der Waals surface area contributed by atoms with E-state index in [0.29, 0.717) is 18.5 Å². The van der Waals surface area contributed by atoms with Crippen LogP contribution in [0.4, 0.5) is 5.82 Å². The second-order valence-electron chi connectivity index (χ2n) is 5.88. The van der Waals surface area contributed by atoms with Gasteiger partial charge in [0, 0.05) is 12.6 Å². The zero-order valence-electron chi connectivity index (χ0n) is 12.0. The second kappa shape index (κ2) is 5.88. The van der Waals surface area contributed by atoms with Crippen LogP contribution in [0.3, 0.4) is 0 Å². The Labute approximate surface area is 122 Å². The van der Waals surface area contributed by atoms with Gasteiger partial charge >= 0.3 is 17.4 Å². The highest BCUT2D eigenvalue weighted by Gasteiger charge is 2.33. The monoisotopic (exact) mass is 295 g/mol. The van der Waals surface area contributed by atoms with Crippen LogP contribution in [0, 0.1) is 11.1 Å².